The molecule has 21 heavy (non-hydrogen) atoms. The lowest BCUT2D eigenvalue weighted by Crippen LogP contribution is -2.01. The van der Waals surface area contributed by atoms with E-state index in [4.69, 9.17) is 0 Å². The van der Waals surface area contributed by atoms with E-state index < -0.39 is 0 Å². The number of carbonyl (C=O) groups excluding carboxylic acids is 1. The summed E-state index contributed by atoms with van der Waals surface area (Å²) in [7, 11) is 0. The zero-order valence-corrected chi connectivity index (χ0v) is 11.4. The maximum Gasteiger partial charge on any atom is 0.193 e. The smallest absolute Gasteiger partial charge is 0.193 e. The number of anilines is 2. The van der Waals surface area contributed by atoms with Crippen molar-refractivity contribution in [1.82, 2.24) is 4.98 Å². The van der Waals surface area contributed by atoms with Gasteiger partial charge in [0.15, 0.2) is 5.78 Å². The summed E-state index contributed by atoms with van der Waals surface area (Å²) in [5.74, 6) is 0.00339. The van der Waals surface area contributed by atoms with Crippen LogP contribution in [0.15, 0.2) is 79.1 Å². The summed E-state index contributed by atoms with van der Waals surface area (Å²) < 4.78 is 0. The highest BCUT2D eigenvalue weighted by Gasteiger charge is 2.08. The molecule has 0 amide bonds. The third-order valence-corrected chi connectivity index (χ3v) is 3.15. The normalized spacial score (nSPS) is 10.1. The molecule has 0 bridgehead atoms. The standard InChI is InChI=1S/C18H14N2O/c21-18(15-10-12-19-13-11-15)14-6-8-17(9-7-14)20-16-4-2-1-3-5-16/h1-13,20H. The highest BCUT2D eigenvalue weighted by Crippen LogP contribution is 2.18. The van der Waals surface area contributed by atoms with Crippen molar-refractivity contribution in [3.8, 4) is 0 Å². The molecule has 0 spiro atoms. The molecule has 3 rings (SSSR count). The lowest BCUT2D eigenvalue weighted by molar-refractivity contribution is 0.103. The van der Waals surface area contributed by atoms with Crippen molar-refractivity contribution in [3.05, 3.63) is 90.3 Å². The minimum atomic E-state index is 0.00339. The second-order valence-electron chi connectivity index (χ2n) is 4.63. The minimum absolute atomic E-state index is 0.00339. The zero-order chi connectivity index (χ0) is 14.5. The predicted molar refractivity (Wildman–Crippen MR) is 83.8 cm³/mol. The number of benzene rings is 2. The zero-order valence-electron chi connectivity index (χ0n) is 11.4. The molecule has 3 aromatic rings. The second-order valence-corrected chi connectivity index (χ2v) is 4.63. The van der Waals surface area contributed by atoms with Gasteiger partial charge in [-0.3, -0.25) is 9.78 Å². The molecule has 0 aliphatic heterocycles. The van der Waals surface area contributed by atoms with E-state index in [0.29, 0.717) is 11.1 Å². The van der Waals surface area contributed by atoms with Crippen LogP contribution in [0.5, 0.6) is 0 Å². The number of para-hydroxylation sites is 1. The molecule has 0 aliphatic carbocycles. The van der Waals surface area contributed by atoms with E-state index >= 15 is 0 Å². The van der Waals surface area contributed by atoms with Gasteiger partial charge in [-0.15, -0.1) is 0 Å². The monoisotopic (exact) mass is 274 g/mol. The van der Waals surface area contributed by atoms with E-state index in [0.717, 1.165) is 11.4 Å². The highest BCUT2D eigenvalue weighted by molar-refractivity contribution is 6.09. The first-order valence-corrected chi connectivity index (χ1v) is 6.70. The Bertz CT molecular complexity index is 722. The Morgan fingerprint density at radius 2 is 1.29 bits per heavy atom. The lowest BCUT2D eigenvalue weighted by Gasteiger charge is -2.07. The fourth-order valence-electron chi connectivity index (χ4n) is 2.06. The highest BCUT2D eigenvalue weighted by atomic mass is 16.1. The lowest BCUT2D eigenvalue weighted by atomic mass is 10.0. The molecule has 0 saturated carbocycles. The van der Waals surface area contributed by atoms with Crippen LogP contribution in [-0.4, -0.2) is 10.8 Å². The summed E-state index contributed by atoms with van der Waals surface area (Å²) in [5, 5.41) is 3.29. The van der Waals surface area contributed by atoms with Crippen molar-refractivity contribution in [1.29, 1.82) is 0 Å². The average molecular weight is 274 g/mol. The van der Waals surface area contributed by atoms with E-state index in [1.165, 1.54) is 0 Å². The maximum atomic E-state index is 12.3. The molecule has 2 aromatic carbocycles. The summed E-state index contributed by atoms with van der Waals surface area (Å²) in [6.45, 7) is 0. The van der Waals surface area contributed by atoms with E-state index in [2.05, 4.69) is 10.3 Å². The van der Waals surface area contributed by atoms with E-state index in [-0.39, 0.29) is 5.78 Å². The van der Waals surface area contributed by atoms with Gasteiger partial charge < -0.3 is 5.32 Å². The number of hydrogen-bond donors (Lipinski definition) is 1. The van der Waals surface area contributed by atoms with Gasteiger partial charge in [0.25, 0.3) is 0 Å². The minimum Gasteiger partial charge on any atom is -0.356 e. The number of ketones is 1. The van der Waals surface area contributed by atoms with Crippen molar-refractivity contribution in [2.45, 2.75) is 0 Å². The van der Waals surface area contributed by atoms with Gasteiger partial charge in [0, 0.05) is 34.9 Å². The van der Waals surface area contributed by atoms with Crippen LogP contribution in [0.1, 0.15) is 15.9 Å². The van der Waals surface area contributed by atoms with Crippen molar-refractivity contribution in [2.75, 3.05) is 5.32 Å². The van der Waals surface area contributed by atoms with Crippen LogP contribution < -0.4 is 5.32 Å². The van der Waals surface area contributed by atoms with Crippen LogP contribution in [0, 0.1) is 0 Å². The van der Waals surface area contributed by atoms with E-state index in [1.54, 1.807) is 24.5 Å². The van der Waals surface area contributed by atoms with Gasteiger partial charge in [0.05, 0.1) is 0 Å². The van der Waals surface area contributed by atoms with Crippen molar-refractivity contribution in [2.24, 2.45) is 0 Å². The first kappa shape index (κ1) is 13.1. The van der Waals surface area contributed by atoms with E-state index in [1.807, 2.05) is 54.6 Å². The third-order valence-electron chi connectivity index (χ3n) is 3.15. The Morgan fingerprint density at radius 1 is 0.714 bits per heavy atom. The summed E-state index contributed by atoms with van der Waals surface area (Å²) in [5.41, 5.74) is 3.28. The van der Waals surface area contributed by atoms with Crippen molar-refractivity contribution < 1.29 is 4.79 Å². The maximum absolute atomic E-state index is 12.3. The number of rotatable bonds is 4. The second kappa shape index (κ2) is 6.01. The van der Waals surface area contributed by atoms with Crippen LogP contribution in [-0.2, 0) is 0 Å². The molecule has 0 fully saturated rings. The first-order chi connectivity index (χ1) is 10.3. The SMILES string of the molecule is O=C(c1ccncc1)c1ccc(Nc2ccccc2)cc1. The summed E-state index contributed by atoms with van der Waals surface area (Å²) in [4.78, 5) is 16.2. The molecule has 0 radical (unpaired) electrons. The summed E-state index contributed by atoms with van der Waals surface area (Å²) >= 11 is 0. The molecule has 1 aromatic heterocycles. The number of carbonyl (C=O) groups is 1. The molecule has 3 nitrogen and oxygen atoms in total. The molecular formula is C18H14N2O. The van der Waals surface area contributed by atoms with Gasteiger partial charge in [-0.2, -0.15) is 0 Å². The van der Waals surface area contributed by atoms with Crippen LogP contribution in [0.25, 0.3) is 0 Å². The van der Waals surface area contributed by atoms with Gasteiger partial charge in [-0.1, -0.05) is 18.2 Å². The molecule has 0 unspecified atom stereocenters. The quantitative estimate of drug-likeness (QED) is 0.730. The fraction of sp³-hybridized carbons (Fsp3) is 0. The molecule has 0 atom stereocenters. The van der Waals surface area contributed by atoms with E-state index in [9.17, 15) is 4.79 Å². The first-order valence-electron chi connectivity index (χ1n) is 6.70. The summed E-state index contributed by atoms with van der Waals surface area (Å²) in [6, 6.07) is 20.8. The number of pyridine rings is 1. The Balaban J connectivity index is 1.77. The largest absolute Gasteiger partial charge is 0.356 e. The Labute approximate surface area is 123 Å². The van der Waals surface area contributed by atoms with Gasteiger partial charge in [0.2, 0.25) is 0 Å². The molecule has 1 N–H and O–H groups in total. The fourth-order valence-corrected chi connectivity index (χ4v) is 2.06. The topological polar surface area (TPSA) is 42.0 Å². The number of aromatic nitrogens is 1. The molecule has 0 aliphatic rings. The molecular weight excluding hydrogens is 260 g/mol. The van der Waals surface area contributed by atoms with Crippen molar-refractivity contribution >= 4 is 17.2 Å². The van der Waals surface area contributed by atoms with Crippen molar-refractivity contribution in [3.63, 3.8) is 0 Å². The van der Waals surface area contributed by atoms with Crippen LogP contribution in [0.4, 0.5) is 11.4 Å². The van der Waals surface area contributed by atoms with Gasteiger partial charge in [0.1, 0.15) is 0 Å². The molecule has 3 heteroatoms. The summed E-state index contributed by atoms with van der Waals surface area (Å²) in [6.07, 6.45) is 3.25. The van der Waals surface area contributed by atoms with Gasteiger partial charge in [-0.25, -0.2) is 0 Å². The third kappa shape index (κ3) is 3.15. The Morgan fingerprint density at radius 3 is 1.95 bits per heavy atom. The number of nitrogens with zero attached hydrogens (tertiary/aromatic N) is 1. The molecule has 0 saturated heterocycles. The Hall–Kier alpha value is -2.94. The Kier molecular flexibility index (Phi) is 3.74. The van der Waals surface area contributed by atoms with Crippen LogP contribution in [0.2, 0.25) is 0 Å². The number of nitrogens with one attached hydrogen (secondary N) is 1. The molecule has 102 valence electrons. The molecule has 1 heterocycles. The van der Waals surface area contributed by atoms with Crippen LogP contribution >= 0.6 is 0 Å². The van der Waals surface area contributed by atoms with Gasteiger partial charge in [-0.05, 0) is 48.5 Å². The van der Waals surface area contributed by atoms with Gasteiger partial charge >= 0.3 is 0 Å². The number of hydrogen-bond acceptors (Lipinski definition) is 3. The van der Waals surface area contributed by atoms with Crippen LogP contribution in [0.3, 0.4) is 0 Å². The predicted octanol–water partition coefficient (Wildman–Crippen LogP) is 4.06. The average Bonchev–Trinajstić information content (AvgIpc) is 2.57.